The van der Waals surface area contributed by atoms with Crippen molar-refractivity contribution in [3.05, 3.63) is 60.6 Å². The van der Waals surface area contributed by atoms with Gasteiger partial charge in [-0.05, 0) is 30.0 Å². The van der Waals surface area contributed by atoms with Crippen molar-refractivity contribution in [1.29, 1.82) is 0 Å². The van der Waals surface area contributed by atoms with E-state index in [2.05, 4.69) is 39.6 Å². The molecule has 1 fully saturated rings. The number of benzene rings is 1. The maximum Gasteiger partial charge on any atom is 0.318 e. The molecule has 1 amide bonds. The number of nitrogens with two attached hydrogens (primary N) is 1. The molecule has 2 aliphatic heterocycles. The maximum absolute atomic E-state index is 12.3. The van der Waals surface area contributed by atoms with Gasteiger partial charge in [-0.15, -0.1) is 0 Å². The van der Waals surface area contributed by atoms with Crippen LogP contribution < -0.4 is 20.3 Å². The molecule has 2 aromatic heterocycles. The summed E-state index contributed by atoms with van der Waals surface area (Å²) >= 11 is 0. The fraction of sp³-hybridized carbons (Fsp3) is 0.360. The van der Waals surface area contributed by atoms with Crippen molar-refractivity contribution in [2.45, 2.75) is 19.0 Å². The fourth-order valence-electron chi connectivity index (χ4n) is 4.98. The van der Waals surface area contributed by atoms with E-state index in [1.807, 2.05) is 18.5 Å². The number of piperazine rings is 1. The lowest BCUT2D eigenvalue weighted by molar-refractivity contribution is -0.128. The highest BCUT2D eigenvalue weighted by Gasteiger charge is 2.32. The van der Waals surface area contributed by atoms with E-state index in [1.54, 1.807) is 12.0 Å². The lowest BCUT2D eigenvalue weighted by atomic mass is 10.0. The van der Waals surface area contributed by atoms with E-state index in [0.717, 1.165) is 41.1 Å². The summed E-state index contributed by atoms with van der Waals surface area (Å²) in [5.74, 6) is 0.794. The number of carbonyl (C=O) groups excluding carboxylic acids is 1. The number of rotatable bonds is 5. The number of anilines is 2. The summed E-state index contributed by atoms with van der Waals surface area (Å²) in [4.78, 5) is 32.4. The van der Waals surface area contributed by atoms with Gasteiger partial charge in [0.2, 0.25) is 5.91 Å². The Morgan fingerprint density at radius 1 is 1.24 bits per heavy atom. The highest BCUT2D eigenvalue weighted by molar-refractivity contribution is 5.93. The highest BCUT2D eigenvalue weighted by Crippen LogP contribution is 2.34. The zero-order valence-electron chi connectivity index (χ0n) is 19.4. The average Bonchev–Trinajstić information content (AvgIpc) is 2.90. The molecule has 1 unspecified atom stereocenters. The fourth-order valence-corrected chi connectivity index (χ4v) is 4.98. The number of ether oxygens (including phenoxy) is 1. The number of amides is 1. The first-order valence-electron chi connectivity index (χ1n) is 11.5. The Kier molecular flexibility index (Phi) is 6.02. The van der Waals surface area contributed by atoms with Crippen molar-refractivity contribution in [2.24, 2.45) is 5.73 Å². The molecule has 0 bridgehead atoms. The highest BCUT2D eigenvalue weighted by atomic mass is 16.5. The molecule has 0 radical (unpaired) electrons. The Bertz CT molecular complexity index is 1230. The first-order chi connectivity index (χ1) is 16.6. The molecule has 2 N–H and O–H groups in total. The molecule has 0 spiro atoms. The second-order valence-electron chi connectivity index (χ2n) is 8.58. The molecule has 0 saturated carbocycles. The summed E-state index contributed by atoms with van der Waals surface area (Å²) in [6, 6.07) is 8.60. The second-order valence-corrected chi connectivity index (χ2v) is 8.58. The number of methoxy groups -OCH3 is 1. The predicted octanol–water partition coefficient (Wildman–Crippen LogP) is 1.76. The standard InChI is InChI=1S/C25H29N7O2/c1-3-23(33)32-12-11-31(15-18(32)13-26)24-19-8-10-30(16-21(19)28-25(29-24)34-2)22-6-4-5-17-7-9-27-14-20(17)22/h3-7,9,14,18H,1,8,10-13,15-16,26H2,2H3. The van der Waals surface area contributed by atoms with Gasteiger partial charge in [-0.2, -0.15) is 9.97 Å². The second kappa shape index (κ2) is 9.26. The summed E-state index contributed by atoms with van der Waals surface area (Å²) in [7, 11) is 1.59. The summed E-state index contributed by atoms with van der Waals surface area (Å²) in [5, 5.41) is 2.29. The zero-order valence-corrected chi connectivity index (χ0v) is 19.4. The van der Waals surface area contributed by atoms with Gasteiger partial charge < -0.3 is 25.2 Å². The van der Waals surface area contributed by atoms with Crippen LogP contribution in [0.5, 0.6) is 6.01 Å². The zero-order chi connectivity index (χ0) is 23.7. The average molecular weight is 460 g/mol. The molecule has 1 saturated heterocycles. The van der Waals surface area contributed by atoms with Crippen LogP contribution in [0.15, 0.2) is 49.3 Å². The van der Waals surface area contributed by atoms with E-state index in [-0.39, 0.29) is 11.9 Å². The van der Waals surface area contributed by atoms with Gasteiger partial charge in [0.25, 0.3) is 0 Å². The van der Waals surface area contributed by atoms with Crippen LogP contribution in [-0.2, 0) is 17.8 Å². The number of aromatic nitrogens is 3. The summed E-state index contributed by atoms with van der Waals surface area (Å²) in [6.07, 6.45) is 5.90. The smallest absolute Gasteiger partial charge is 0.318 e. The first-order valence-corrected chi connectivity index (χ1v) is 11.5. The van der Waals surface area contributed by atoms with Gasteiger partial charge in [-0.3, -0.25) is 9.78 Å². The predicted molar refractivity (Wildman–Crippen MR) is 132 cm³/mol. The summed E-state index contributed by atoms with van der Waals surface area (Å²) in [5.41, 5.74) is 9.27. The molecule has 9 nitrogen and oxygen atoms in total. The molecule has 5 rings (SSSR count). The minimum Gasteiger partial charge on any atom is -0.467 e. The number of pyridine rings is 1. The van der Waals surface area contributed by atoms with Gasteiger partial charge in [0.15, 0.2) is 0 Å². The quantitative estimate of drug-likeness (QED) is 0.576. The van der Waals surface area contributed by atoms with Gasteiger partial charge in [0.1, 0.15) is 5.82 Å². The number of hydrogen-bond acceptors (Lipinski definition) is 8. The van der Waals surface area contributed by atoms with E-state index < -0.39 is 0 Å². The molecular formula is C25H29N7O2. The van der Waals surface area contributed by atoms with E-state index in [9.17, 15) is 4.79 Å². The third kappa shape index (κ3) is 3.92. The van der Waals surface area contributed by atoms with Crippen LogP contribution >= 0.6 is 0 Å². The van der Waals surface area contributed by atoms with Crippen LogP contribution in [0.25, 0.3) is 10.8 Å². The minimum atomic E-state index is -0.0980. The molecule has 0 aliphatic carbocycles. The number of hydrogen-bond donors (Lipinski definition) is 1. The van der Waals surface area contributed by atoms with Crippen molar-refractivity contribution in [3.8, 4) is 6.01 Å². The van der Waals surface area contributed by atoms with E-state index in [4.69, 9.17) is 20.4 Å². The van der Waals surface area contributed by atoms with E-state index in [0.29, 0.717) is 38.7 Å². The molecule has 1 atom stereocenters. The molecule has 176 valence electrons. The van der Waals surface area contributed by atoms with Gasteiger partial charge in [0.05, 0.1) is 25.4 Å². The van der Waals surface area contributed by atoms with Crippen LogP contribution in [0.1, 0.15) is 11.3 Å². The third-order valence-electron chi connectivity index (χ3n) is 6.72. The Balaban J connectivity index is 1.47. The minimum absolute atomic E-state index is 0.0855. The number of nitrogens with zero attached hydrogens (tertiary/aromatic N) is 6. The monoisotopic (exact) mass is 459 g/mol. The first kappa shape index (κ1) is 22.1. The lowest BCUT2D eigenvalue weighted by Crippen LogP contribution is -2.58. The normalized spacial score (nSPS) is 18.1. The van der Waals surface area contributed by atoms with Gasteiger partial charge in [-0.1, -0.05) is 18.7 Å². The molecule has 9 heteroatoms. The van der Waals surface area contributed by atoms with Crippen molar-refractivity contribution in [3.63, 3.8) is 0 Å². The Labute approximate surface area is 198 Å². The lowest BCUT2D eigenvalue weighted by Gasteiger charge is -2.42. The number of fused-ring (bicyclic) bond motifs is 2. The van der Waals surface area contributed by atoms with E-state index in [1.165, 1.54) is 11.5 Å². The van der Waals surface area contributed by atoms with Crippen LogP contribution in [-0.4, -0.2) is 71.6 Å². The molecule has 34 heavy (non-hydrogen) atoms. The topological polar surface area (TPSA) is 101 Å². The Hall–Kier alpha value is -3.72. The van der Waals surface area contributed by atoms with E-state index >= 15 is 0 Å². The van der Waals surface area contributed by atoms with Crippen molar-refractivity contribution in [2.75, 3.05) is 49.6 Å². The molecule has 4 heterocycles. The molecular weight excluding hydrogens is 430 g/mol. The summed E-state index contributed by atoms with van der Waals surface area (Å²) < 4.78 is 5.47. The molecule has 2 aliphatic rings. The van der Waals surface area contributed by atoms with Crippen molar-refractivity contribution in [1.82, 2.24) is 19.9 Å². The van der Waals surface area contributed by atoms with Crippen molar-refractivity contribution >= 4 is 28.2 Å². The third-order valence-corrected chi connectivity index (χ3v) is 6.72. The largest absolute Gasteiger partial charge is 0.467 e. The number of carbonyl (C=O) groups is 1. The van der Waals surface area contributed by atoms with Crippen LogP contribution in [0.2, 0.25) is 0 Å². The SMILES string of the molecule is C=CC(=O)N1CCN(c2nc(OC)nc3c2CCN(c2cccc4ccncc24)C3)CC1CN. The van der Waals surface area contributed by atoms with Gasteiger partial charge in [0, 0.05) is 61.8 Å². The maximum atomic E-state index is 12.3. The van der Waals surface area contributed by atoms with Crippen molar-refractivity contribution < 1.29 is 9.53 Å². The molecule has 1 aromatic carbocycles. The van der Waals surface area contributed by atoms with Crippen LogP contribution in [0, 0.1) is 0 Å². The van der Waals surface area contributed by atoms with Crippen LogP contribution in [0.4, 0.5) is 11.5 Å². The summed E-state index contributed by atoms with van der Waals surface area (Å²) in [6.45, 7) is 7.36. The molecule has 3 aromatic rings. The van der Waals surface area contributed by atoms with Gasteiger partial charge >= 0.3 is 6.01 Å². The van der Waals surface area contributed by atoms with Gasteiger partial charge in [-0.25, -0.2) is 0 Å². The Morgan fingerprint density at radius 3 is 2.91 bits per heavy atom. The Morgan fingerprint density at radius 2 is 2.12 bits per heavy atom. The van der Waals surface area contributed by atoms with Crippen LogP contribution in [0.3, 0.4) is 0 Å².